The van der Waals surface area contributed by atoms with Crippen LogP contribution in [-0.4, -0.2) is 15.3 Å². The average molecular weight is 304 g/mol. The quantitative estimate of drug-likeness (QED) is 0.808. The first-order valence-electron chi connectivity index (χ1n) is 6.29. The minimum absolute atomic E-state index is 0.273. The summed E-state index contributed by atoms with van der Waals surface area (Å²) in [5.74, 6) is -0.645. The zero-order chi connectivity index (χ0) is 14.8. The maximum Gasteiger partial charge on any atom is 0.251 e. The van der Waals surface area contributed by atoms with E-state index >= 15 is 0 Å². The second-order valence-corrected chi connectivity index (χ2v) is 4.97. The van der Waals surface area contributed by atoms with Crippen molar-refractivity contribution in [2.45, 2.75) is 6.54 Å². The number of rotatable bonds is 3. The third-order valence-corrected chi connectivity index (χ3v) is 3.22. The highest BCUT2D eigenvalue weighted by Gasteiger charge is 2.07. The number of nitrogens with one attached hydrogen (secondary N) is 1. The van der Waals surface area contributed by atoms with Crippen LogP contribution in [0, 0.1) is 5.82 Å². The number of nitrogens with zero attached hydrogens (tertiary/aromatic N) is 2. The maximum absolute atomic E-state index is 12.8. The lowest BCUT2D eigenvalue weighted by atomic mass is 10.2. The van der Waals surface area contributed by atoms with E-state index < -0.39 is 0 Å². The smallest absolute Gasteiger partial charge is 0.251 e. The lowest BCUT2D eigenvalue weighted by Crippen LogP contribution is -2.22. The van der Waals surface area contributed by atoms with E-state index in [4.69, 9.17) is 11.6 Å². The SMILES string of the molecule is O=C(NCc1cn2cc(Cl)ccc2n1)c1ccc(F)cc1. The van der Waals surface area contributed by atoms with Crippen LogP contribution < -0.4 is 5.32 Å². The van der Waals surface area contributed by atoms with Crippen molar-refractivity contribution in [2.24, 2.45) is 0 Å². The number of carbonyl (C=O) groups is 1. The van der Waals surface area contributed by atoms with E-state index in [9.17, 15) is 9.18 Å². The summed E-state index contributed by atoms with van der Waals surface area (Å²) < 4.78 is 14.6. The molecular formula is C15H11ClFN3O. The van der Waals surface area contributed by atoms with Gasteiger partial charge in [0.2, 0.25) is 0 Å². The van der Waals surface area contributed by atoms with Gasteiger partial charge in [0.05, 0.1) is 17.3 Å². The van der Waals surface area contributed by atoms with Gasteiger partial charge < -0.3 is 9.72 Å². The normalized spacial score (nSPS) is 10.8. The third kappa shape index (κ3) is 3.03. The summed E-state index contributed by atoms with van der Waals surface area (Å²) in [5.41, 5.74) is 1.88. The van der Waals surface area contributed by atoms with E-state index in [0.29, 0.717) is 16.3 Å². The fourth-order valence-corrected chi connectivity index (χ4v) is 2.14. The fourth-order valence-electron chi connectivity index (χ4n) is 1.98. The van der Waals surface area contributed by atoms with E-state index in [1.54, 1.807) is 28.9 Å². The number of hydrogen-bond acceptors (Lipinski definition) is 2. The van der Waals surface area contributed by atoms with Crippen LogP contribution in [0.25, 0.3) is 5.65 Å². The number of benzene rings is 1. The first kappa shape index (κ1) is 13.6. The molecule has 0 saturated carbocycles. The van der Waals surface area contributed by atoms with Crippen molar-refractivity contribution in [1.29, 1.82) is 0 Å². The van der Waals surface area contributed by atoms with Crippen molar-refractivity contribution < 1.29 is 9.18 Å². The Morgan fingerprint density at radius 3 is 2.71 bits per heavy atom. The van der Waals surface area contributed by atoms with Crippen LogP contribution in [0.5, 0.6) is 0 Å². The highest BCUT2D eigenvalue weighted by atomic mass is 35.5. The molecule has 0 unspecified atom stereocenters. The van der Waals surface area contributed by atoms with E-state index in [1.807, 2.05) is 0 Å². The van der Waals surface area contributed by atoms with Gasteiger partial charge in [-0.3, -0.25) is 4.79 Å². The van der Waals surface area contributed by atoms with Crippen LogP contribution in [0.3, 0.4) is 0 Å². The Morgan fingerprint density at radius 1 is 1.19 bits per heavy atom. The summed E-state index contributed by atoms with van der Waals surface area (Å²) in [6.45, 7) is 0.287. The summed E-state index contributed by atoms with van der Waals surface area (Å²) >= 11 is 5.90. The molecule has 0 saturated heterocycles. The molecule has 0 bridgehead atoms. The van der Waals surface area contributed by atoms with Gasteiger partial charge in [0, 0.05) is 18.0 Å². The van der Waals surface area contributed by atoms with Crippen LogP contribution in [0.2, 0.25) is 5.02 Å². The Kier molecular flexibility index (Phi) is 3.58. The number of amides is 1. The van der Waals surface area contributed by atoms with Crippen molar-refractivity contribution in [3.8, 4) is 0 Å². The van der Waals surface area contributed by atoms with E-state index in [0.717, 1.165) is 5.65 Å². The second-order valence-electron chi connectivity index (χ2n) is 4.53. The lowest BCUT2D eigenvalue weighted by Gasteiger charge is -2.02. The number of aromatic nitrogens is 2. The molecule has 1 N–H and O–H groups in total. The molecular weight excluding hydrogens is 293 g/mol. The number of carbonyl (C=O) groups excluding carboxylic acids is 1. The fraction of sp³-hybridized carbons (Fsp3) is 0.0667. The summed E-state index contributed by atoms with van der Waals surface area (Å²) in [5, 5.41) is 3.35. The maximum atomic E-state index is 12.8. The number of pyridine rings is 1. The molecule has 0 radical (unpaired) electrons. The van der Waals surface area contributed by atoms with Gasteiger partial charge >= 0.3 is 0 Å². The van der Waals surface area contributed by atoms with E-state index in [2.05, 4.69) is 10.3 Å². The summed E-state index contributed by atoms with van der Waals surface area (Å²) in [4.78, 5) is 16.3. The van der Waals surface area contributed by atoms with Crippen molar-refractivity contribution in [1.82, 2.24) is 14.7 Å². The zero-order valence-electron chi connectivity index (χ0n) is 10.9. The Bertz CT molecular complexity index is 798. The molecule has 0 aliphatic rings. The first-order valence-corrected chi connectivity index (χ1v) is 6.66. The first-order chi connectivity index (χ1) is 10.1. The predicted molar refractivity (Wildman–Crippen MR) is 77.8 cm³/mol. The molecule has 3 rings (SSSR count). The molecule has 1 amide bonds. The van der Waals surface area contributed by atoms with Gasteiger partial charge in [-0.05, 0) is 36.4 Å². The average Bonchev–Trinajstić information content (AvgIpc) is 2.87. The molecule has 0 atom stereocenters. The number of imidazole rings is 1. The number of fused-ring (bicyclic) bond motifs is 1. The van der Waals surface area contributed by atoms with Crippen molar-refractivity contribution >= 4 is 23.2 Å². The van der Waals surface area contributed by atoms with Gasteiger partial charge in [-0.15, -0.1) is 0 Å². The Balaban J connectivity index is 1.71. The number of halogens is 2. The molecule has 4 nitrogen and oxygen atoms in total. The minimum Gasteiger partial charge on any atom is -0.346 e. The van der Waals surface area contributed by atoms with Crippen molar-refractivity contribution in [3.63, 3.8) is 0 Å². The van der Waals surface area contributed by atoms with E-state index in [-0.39, 0.29) is 18.3 Å². The largest absolute Gasteiger partial charge is 0.346 e. The van der Waals surface area contributed by atoms with Crippen LogP contribution >= 0.6 is 11.6 Å². The van der Waals surface area contributed by atoms with Crippen LogP contribution in [0.1, 0.15) is 16.1 Å². The molecule has 0 spiro atoms. The van der Waals surface area contributed by atoms with Crippen molar-refractivity contribution in [3.05, 3.63) is 70.9 Å². The van der Waals surface area contributed by atoms with Crippen molar-refractivity contribution in [2.75, 3.05) is 0 Å². The molecule has 3 aromatic rings. The van der Waals surface area contributed by atoms with Gasteiger partial charge in [0.1, 0.15) is 11.5 Å². The monoisotopic (exact) mass is 303 g/mol. The van der Waals surface area contributed by atoms with Crippen LogP contribution in [0.4, 0.5) is 4.39 Å². The van der Waals surface area contributed by atoms with Crippen LogP contribution in [-0.2, 0) is 6.54 Å². The van der Waals surface area contributed by atoms with Gasteiger partial charge in [-0.1, -0.05) is 11.6 Å². The van der Waals surface area contributed by atoms with Gasteiger partial charge in [0.25, 0.3) is 5.91 Å². The Morgan fingerprint density at radius 2 is 1.95 bits per heavy atom. The van der Waals surface area contributed by atoms with Gasteiger partial charge in [-0.25, -0.2) is 9.37 Å². The van der Waals surface area contributed by atoms with Crippen LogP contribution in [0.15, 0.2) is 48.8 Å². The molecule has 2 aromatic heterocycles. The molecule has 1 aromatic carbocycles. The highest BCUT2D eigenvalue weighted by Crippen LogP contribution is 2.11. The molecule has 6 heteroatoms. The summed E-state index contributed by atoms with van der Waals surface area (Å²) in [6, 6.07) is 8.93. The Labute approximate surface area is 125 Å². The molecule has 21 heavy (non-hydrogen) atoms. The highest BCUT2D eigenvalue weighted by molar-refractivity contribution is 6.30. The van der Waals surface area contributed by atoms with Gasteiger partial charge in [0.15, 0.2) is 0 Å². The molecule has 0 aliphatic carbocycles. The Hall–Kier alpha value is -2.40. The second kappa shape index (κ2) is 5.54. The topological polar surface area (TPSA) is 46.4 Å². The zero-order valence-corrected chi connectivity index (χ0v) is 11.6. The molecule has 2 heterocycles. The summed E-state index contributed by atoms with van der Waals surface area (Å²) in [6.07, 6.45) is 3.54. The molecule has 106 valence electrons. The predicted octanol–water partition coefficient (Wildman–Crippen LogP) is 3.06. The van der Waals surface area contributed by atoms with E-state index in [1.165, 1.54) is 24.3 Å². The molecule has 0 aliphatic heterocycles. The molecule has 0 fully saturated rings. The lowest BCUT2D eigenvalue weighted by molar-refractivity contribution is 0.0950. The number of hydrogen-bond donors (Lipinski definition) is 1. The minimum atomic E-state index is -0.372. The summed E-state index contributed by atoms with van der Waals surface area (Å²) in [7, 11) is 0. The third-order valence-electron chi connectivity index (χ3n) is 3.00. The van der Waals surface area contributed by atoms with Gasteiger partial charge in [-0.2, -0.15) is 0 Å². The standard InChI is InChI=1S/C15H11ClFN3O/c16-11-3-6-14-19-13(9-20(14)8-11)7-18-15(21)10-1-4-12(17)5-2-10/h1-6,8-9H,7H2,(H,18,21).